The SMILES string of the molecule is COc1ccc(C2NC(=O)N=C3c4ccccc4CCC32)cc1OC. The number of nitrogens with one attached hydrogen (secondary N) is 1. The third-order valence-corrected chi connectivity index (χ3v) is 5.04. The van der Waals surface area contributed by atoms with Crippen LogP contribution in [0.4, 0.5) is 4.79 Å². The number of hydrogen-bond acceptors (Lipinski definition) is 3. The van der Waals surface area contributed by atoms with E-state index >= 15 is 0 Å². The minimum absolute atomic E-state index is 0.117. The fourth-order valence-electron chi connectivity index (χ4n) is 3.84. The first-order chi connectivity index (χ1) is 12.2. The molecule has 1 aliphatic heterocycles. The Hall–Kier alpha value is -2.82. The average Bonchev–Trinajstić information content (AvgIpc) is 2.66. The average molecular weight is 336 g/mol. The maximum absolute atomic E-state index is 12.2. The number of aryl methyl sites for hydroxylation is 1. The quantitative estimate of drug-likeness (QED) is 0.933. The Morgan fingerprint density at radius 2 is 1.88 bits per heavy atom. The molecule has 1 N–H and O–H groups in total. The summed E-state index contributed by atoms with van der Waals surface area (Å²) in [6.45, 7) is 0. The van der Waals surface area contributed by atoms with Gasteiger partial charge in [-0.3, -0.25) is 0 Å². The van der Waals surface area contributed by atoms with E-state index < -0.39 is 0 Å². The van der Waals surface area contributed by atoms with Crippen LogP contribution in [0.2, 0.25) is 0 Å². The molecular formula is C20H20N2O3. The lowest BCUT2D eigenvalue weighted by molar-refractivity contribution is 0.239. The van der Waals surface area contributed by atoms with E-state index in [1.54, 1.807) is 14.2 Å². The number of urea groups is 1. The fourth-order valence-corrected chi connectivity index (χ4v) is 3.84. The second-order valence-electron chi connectivity index (χ2n) is 6.34. The molecule has 2 amide bonds. The predicted octanol–water partition coefficient (Wildman–Crippen LogP) is 3.52. The van der Waals surface area contributed by atoms with Gasteiger partial charge in [0.2, 0.25) is 0 Å². The molecule has 0 saturated carbocycles. The highest BCUT2D eigenvalue weighted by molar-refractivity contribution is 6.11. The molecule has 5 nitrogen and oxygen atoms in total. The highest BCUT2D eigenvalue weighted by Gasteiger charge is 2.37. The molecule has 2 unspecified atom stereocenters. The van der Waals surface area contributed by atoms with Crippen LogP contribution < -0.4 is 14.8 Å². The van der Waals surface area contributed by atoms with Crippen LogP contribution in [0.15, 0.2) is 47.5 Å². The number of rotatable bonds is 3. The fraction of sp³-hybridized carbons (Fsp3) is 0.300. The van der Waals surface area contributed by atoms with E-state index in [1.165, 1.54) is 5.56 Å². The van der Waals surface area contributed by atoms with E-state index in [2.05, 4.69) is 22.4 Å². The number of hydrogen-bond donors (Lipinski definition) is 1. The van der Waals surface area contributed by atoms with Crippen molar-refractivity contribution in [3.8, 4) is 11.5 Å². The van der Waals surface area contributed by atoms with E-state index in [-0.39, 0.29) is 18.0 Å². The monoisotopic (exact) mass is 336 g/mol. The highest BCUT2D eigenvalue weighted by atomic mass is 16.5. The summed E-state index contributed by atoms with van der Waals surface area (Å²) in [6.07, 6.45) is 1.94. The van der Waals surface area contributed by atoms with Crippen LogP contribution in [0.25, 0.3) is 0 Å². The zero-order valence-electron chi connectivity index (χ0n) is 14.3. The van der Waals surface area contributed by atoms with E-state index in [9.17, 15) is 4.79 Å². The lowest BCUT2D eigenvalue weighted by atomic mass is 9.75. The summed E-state index contributed by atoms with van der Waals surface area (Å²) < 4.78 is 10.7. The topological polar surface area (TPSA) is 59.9 Å². The number of amides is 2. The molecule has 2 aliphatic rings. The van der Waals surface area contributed by atoms with Crippen molar-refractivity contribution in [2.75, 3.05) is 14.2 Å². The normalized spacial score (nSPS) is 21.5. The molecule has 0 spiro atoms. The lowest BCUT2D eigenvalue weighted by Crippen LogP contribution is -2.43. The van der Waals surface area contributed by atoms with Gasteiger partial charge in [-0.25, -0.2) is 4.79 Å². The minimum Gasteiger partial charge on any atom is -0.493 e. The number of aliphatic imine (C=N–C) groups is 1. The standard InChI is InChI=1S/C20H20N2O3/c1-24-16-10-8-13(11-17(16)25-2)18-15-9-7-12-5-3-4-6-14(12)19(15)22-20(23)21-18/h3-6,8,10-11,15,18H,7,9H2,1-2H3,(H,21,23). The largest absolute Gasteiger partial charge is 0.493 e. The molecule has 2 aromatic rings. The van der Waals surface area contributed by atoms with Crippen LogP contribution in [0.3, 0.4) is 0 Å². The molecule has 0 aromatic heterocycles. The Labute approximate surface area is 146 Å². The van der Waals surface area contributed by atoms with Crippen molar-refractivity contribution in [2.24, 2.45) is 10.9 Å². The van der Waals surface area contributed by atoms with Crippen LogP contribution in [-0.4, -0.2) is 26.0 Å². The second-order valence-corrected chi connectivity index (χ2v) is 6.34. The zero-order valence-corrected chi connectivity index (χ0v) is 14.3. The summed E-state index contributed by atoms with van der Waals surface area (Å²) in [5, 5.41) is 3.03. The highest BCUT2D eigenvalue weighted by Crippen LogP contribution is 2.39. The first-order valence-electron chi connectivity index (χ1n) is 8.40. The number of carbonyl (C=O) groups excluding carboxylic acids is 1. The van der Waals surface area contributed by atoms with Crippen LogP contribution in [-0.2, 0) is 6.42 Å². The third-order valence-electron chi connectivity index (χ3n) is 5.04. The van der Waals surface area contributed by atoms with Crippen molar-refractivity contribution >= 4 is 11.7 Å². The molecule has 0 fully saturated rings. The van der Waals surface area contributed by atoms with Crippen LogP contribution >= 0.6 is 0 Å². The van der Waals surface area contributed by atoms with Crippen molar-refractivity contribution in [2.45, 2.75) is 18.9 Å². The van der Waals surface area contributed by atoms with Crippen LogP contribution in [0.5, 0.6) is 11.5 Å². The number of benzene rings is 2. The molecule has 0 saturated heterocycles. The Kier molecular flexibility index (Phi) is 3.92. The van der Waals surface area contributed by atoms with E-state index in [0.29, 0.717) is 11.5 Å². The summed E-state index contributed by atoms with van der Waals surface area (Å²) >= 11 is 0. The second kappa shape index (κ2) is 6.24. The van der Waals surface area contributed by atoms with Gasteiger partial charge in [0.05, 0.1) is 26.0 Å². The number of carbonyl (C=O) groups is 1. The van der Waals surface area contributed by atoms with Crippen LogP contribution in [0, 0.1) is 5.92 Å². The molecule has 0 radical (unpaired) electrons. The van der Waals surface area contributed by atoms with Gasteiger partial charge < -0.3 is 14.8 Å². The molecule has 2 atom stereocenters. The van der Waals surface area contributed by atoms with E-state index in [0.717, 1.165) is 29.7 Å². The van der Waals surface area contributed by atoms with Crippen molar-refractivity contribution in [1.29, 1.82) is 0 Å². The number of fused-ring (bicyclic) bond motifs is 3. The Morgan fingerprint density at radius 3 is 2.68 bits per heavy atom. The number of methoxy groups -OCH3 is 2. The van der Waals surface area contributed by atoms with Crippen molar-refractivity contribution in [3.05, 3.63) is 59.2 Å². The van der Waals surface area contributed by atoms with Gasteiger partial charge in [0.15, 0.2) is 11.5 Å². The van der Waals surface area contributed by atoms with Crippen molar-refractivity contribution in [3.63, 3.8) is 0 Å². The van der Waals surface area contributed by atoms with Crippen molar-refractivity contribution < 1.29 is 14.3 Å². The summed E-state index contributed by atoms with van der Waals surface area (Å²) in [5.41, 5.74) is 4.26. The minimum atomic E-state index is -0.289. The molecule has 1 heterocycles. The maximum atomic E-state index is 12.2. The van der Waals surface area contributed by atoms with Gasteiger partial charge in [0, 0.05) is 5.92 Å². The van der Waals surface area contributed by atoms with Crippen molar-refractivity contribution in [1.82, 2.24) is 5.32 Å². The maximum Gasteiger partial charge on any atom is 0.341 e. The van der Waals surface area contributed by atoms with E-state index in [4.69, 9.17) is 9.47 Å². The third kappa shape index (κ3) is 2.65. The molecule has 128 valence electrons. The first kappa shape index (κ1) is 15.7. The molecule has 0 bridgehead atoms. The van der Waals surface area contributed by atoms with Gasteiger partial charge >= 0.3 is 6.03 Å². The molecule has 4 rings (SSSR count). The molecule has 25 heavy (non-hydrogen) atoms. The summed E-state index contributed by atoms with van der Waals surface area (Å²) in [7, 11) is 3.23. The molecule has 1 aliphatic carbocycles. The lowest BCUT2D eigenvalue weighted by Gasteiger charge is -2.36. The summed E-state index contributed by atoms with van der Waals surface area (Å²) in [5.74, 6) is 1.50. The molecule has 2 aromatic carbocycles. The van der Waals surface area contributed by atoms with Gasteiger partial charge in [-0.15, -0.1) is 0 Å². The van der Waals surface area contributed by atoms with Gasteiger partial charge in [0.1, 0.15) is 0 Å². The van der Waals surface area contributed by atoms with Gasteiger partial charge in [-0.1, -0.05) is 30.3 Å². The first-order valence-corrected chi connectivity index (χ1v) is 8.40. The summed E-state index contributed by atoms with van der Waals surface area (Å²) in [4.78, 5) is 16.5. The zero-order chi connectivity index (χ0) is 17.4. The van der Waals surface area contributed by atoms with Gasteiger partial charge in [-0.05, 0) is 41.7 Å². The van der Waals surface area contributed by atoms with Gasteiger partial charge in [0.25, 0.3) is 0 Å². The molecular weight excluding hydrogens is 316 g/mol. The molecule has 5 heteroatoms. The Morgan fingerprint density at radius 1 is 1.08 bits per heavy atom. The smallest absolute Gasteiger partial charge is 0.341 e. The van der Waals surface area contributed by atoms with Crippen LogP contribution in [0.1, 0.15) is 29.2 Å². The predicted molar refractivity (Wildman–Crippen MR) is 95.6 cm³/mol. The Bertz CT molecular complexity index is 860. The Balaban J connectivity index is 1.76. The van der Waals surface area contributed by atoms with Gasteiger partial charge in [-0.2, -0.15) is 4.99 Å². The number of nitrogens with zero attached hydrogens (tertiary/aromatic N) is 1. The summed E-state index contributed by atoms with van der Waals surface area (Å²) in [6, 6.07) is 13.6. The van der Waals surface area contributed by atoms with E-state index in [1.807, 2.05) is 30.3 Å². The number of ether oxygens (including phenoxy) is 2.